The maximum Gasteiger partial charge on any atom is 0.392 e. The molecule has 1 aliphatic heterocycles. The zero-order valence-corrected chi connectivity index (χ0v) is 22.3. The van der Waals surface area contributed by atoms with E-state index in [1.165, 1.54) is 0 Å². The minimum atomic E-state index is 0.396. The Balaban J connectivity index is 1.25. The first kappa shape index (κ1) is 26.8. The summed E-state index contributed by atoms with van der Waals surface area (Å²) in [6.45, 7) is 6.07. The molecule has 0 spiro atoms. The topological polar surface area (TPSA) is 139 Å². The van der Waals surface area contributed by atoms with Gasteiger partial charge in [0.1, 0.15) is 18.5 Å². The third-order valence-corrected chi connectivity index (χ3v) is 6.65. The number of aryl methyl sites for hydroxylation is 1. The van der Waals surface area contributed by atoms with Crippen LogP contribution in [0.1, 0.15) is 11.1 Å². The molecule has 0 atom stereocenters. The number of piperazine rings is 1. The smallest absolute Gasteiger partial charge is 0.392 e. The fourth-order valence-electron chi connectivity index (χ4n) is 4.52. The van der Waals surface area contributed by atoms with Crippen molar-refractivity contribution >= 4 is 11.6 Å². The lowest BCUT2D eigenvalue weighted by molar-refractivity contribution is -0.658. The largest absolute Gasteiger partial charge is 0.489 e. The predicted octanol–water partition coefficient (Wildman–Crippen LogP) is 3.46. The number of nitrogens with one attached hydrogen (secondary N) is 3. The molecule has 4 aromatic rings. The molecule has 0 bridgehead atoms. The van der Waals surface area contributed by atoms with E-state index >= 15 is 0 Å². The summed E-state index contributed by atoms with van der Waals surface area (Å²) < 4.78 is 7.60. The molecular weight excluding hydrogens is 504 g/mol. The summed E-state index contributed by atoms with van der Waals surface area (Å²) in [6, 6.07) is 17.4. The molecule has 2 aromatic carbocycles. The Morgan fingerprint density at radius 1 is 1.12 bits per heavy atom. The Hall–Kier alpha value is -4.79. The first-order valence-corrected chi connectivity index (χ1v) is 13.1. The van der Waals surface area contributed by atoms with Gasteiger partial charge in [0.15, 0.2) is 11.6 Å². The van der Waals surface area contributed by atoms with Crippen LogP contribution in [-0.2, 0) is 13.6 Å². The summed E-state index contributed by atoms with van der Waals surface area (Å²) in [5, 5.41) is 19.6. The van der Waals surface area contributed by atoms with Crippen LogP contribution in [0.3, 0.4) is 0 Å². The molecule has 0 unspecified atom stereocenters. The minimum absolute atomic E-state index is 0.396. The number of hydrogen-bond donors (Lipinski definition) is 3. The second-order valence-electron chi connectivity index (χ2n) is 9.45. The van der Waals surface area contributed by atoms with Gasteiger partial charge in [-0.3, -0.25) is 4.90 Å². The minimum Gasteiger partial charge on any atom is -0.489 e. The molecule has 40 heavy (non-hydrogen) atoms. The van der Waals surface area contributed by atoms with Crippen LogP contribution in [0.15, 0.2) is 72.2 Å². The standard InChI is InChI=1S/C29H31N10O/c1-38-20-26(23-6-2-4-21(14-23)16-30)36-28(29(38)37-31)33-17-22-5-3-7-24(15-22)27-34-18-25(19-35-27)40-13-12-39-10-8-32-9-11-39/h2-7,14-15,18-20,31-32H,8-13,17H2,1H3,(H,33,36)/q+1. The number of anilines is 1. The predicted molar refractivity (Wildman–Crippen MR) is 150 cm³/mol. The number of aromatic nitrogens is 4. The molecule has 0 aliphatic carbocycles. The third kappa shape index (κ3) is 6.61. The van der Waals surface area contributed by atoms with Crippen LogP contribution in [0.25, 0.3) is 22.6 Å². The van der Waals surface area contributed by atoms with Crippen LogP contribution in [0.4, 0.5) is 11.6 Å². The molecule has 3 heterocycles. The zero-order chi connectivity index (χ0) is 27.7. The monoisotopic (exact) mass is 535 g/mol. The van der Waals surface area contributed by atoms with E-state index < -0.39 is 0 Å². The van der Waals surface area contributed by atoms with Crippen LogP contribution in [-0.4, -0.2) is 59.2 Å². The van der Waals surface area contributed by atoms with Crippen LogP contribution in [0.5, 0.6) is 5.75 Å². The summed E-state index contributed by atoms with van der Waals surface area (Å²) >= 11 is 0. The van der Waals surface area contributed by atoms with E-state index in [4.69, 9.17) is 15.3 Å². The van der Waals surface area contributed by atoms with Gasteiger partial charge in [0.2, 0.25) is 5.82 Å². The number of hydrogen-bond acceptors (Lipinski definition) is 10. The van der Waals surface area contributed by atoms with E-state index in [0.29, 0.717) is 47.6 Å². The fourth-order valence-corrected chi connectivity index (χ4v) is 4.52. The number of rotatable bonds is 10. The van der Waals surface area contributed by atoms with E-state index in [1.807, 2.05) is 43.4 Å². The Morgan fingerprint density at radius 3 is 2.67 bits per heavy atom. The molecule has 3 N–H and O–H groups in total. The molecule has 11 heteroatoms. The maximum atomic E-state index is 9.26. The quantitative estimate of drug-likeness (QED) is 0.207. The van der Waals surface area contributed by atoms with Crippen LogP contribution >= 0.6 is 0 Å². The number of nitriles is 1. The molecule has 0 amide bonds. The van der Waals surface area contributed by atoms with E-state index in [1.54, 1.807) is 35.3 Å². The van der Waals surface area contributed by atoms with E-state index in [9.17, 15) is 5.26 Å². The lowest BCUT2D eigenvalue weighted by atomic mass is 10.1. The third-order valence-electron chi connectivity index (χ3n) is 6.65. The van der Waals surface area contributed by atoms with Crippen LogP contribution in [0, 0.1) is 16.9 Å². The Labute approximate surface area is 233 Å². The Kier molecular flexibility index (Phi) is 8.60. The van der Waals surface area contributed by atoms with Gasteiger partial charge in [-0.15, -0.1) is 0 Å². The normalized spacial score (nSPS) is 13.4. The molecule has 11 nitrogen and oxygen atoms in total. The van der Waals surface area contributed by atoms with Crippen molar-refractivity contribution in [2.75, 3.05) is 44.6 Å². The van der Waals surface area contributed by atoms with Gasteiger partial charge in [0.05, 0.1) is 36.2 Å². The molecule has 202 valence electrons. The first-order chi connectivity index (χ1) is 19.6. The van der Waals surface area contributed by atoms with Crippen LogP contribution < -0.4 is 19.9 Å². The van der Waals surface area contributed by atoms with E-state index in [2.05, 4.69) is 36.7 Å². The van der Waals surface area contributed by atoms with Crippen molar-refractivity contribution in [1.29, 1.82) is 10.8 Å². The Bertz CT molecular complexity index is 1510. The van der Waals surface area contributed by atoms with Crippen LogP contribution in [0.2, 0.25) is 0 Å². The van der Waals surface area contributed by atoms with E-state index in [-0.39, 0.29) is 0 Å². The molecule has 5 rings (SSSR count). The van der Waals surface area contributed by atoms with Crippen molar-refractivity contribution in [2.24, 2.45) is 12.2 Å². The van der Waals surface area contributed by atoms with Crippen molar-refractivity contribution in [1.82, 2.24) is 25.2 Å². The van der Waals surface area contributed by atoms with Crippen molar-refractivity contribution in [3.05, 3.63) is 78.2 Å². The highest BCUT2D eigenvalue weighted by Gasteiger charge is 2.19. The molecule has 1 aliphatic rings. The Morgan fingerprint density at radius 2 is 1.90 bits per heavy atom. The van der Waals surface area contributed by atoms with Crippen molar-refractivity contribution < 1.29 is 9.30 Å². The summed E-state index contributed by atoms with van der Waals surface area (Å²) in [7, 11) is 1.81. The molecule has 2 aromatic heterocycles. The summed E-state index contributed by atoms with van der Waals surface area (Å²) in [6.07, 6.45) is 5.22. The highest BCUT2D eigenvalue weighted by atomic mass is 16.5. The first-order valence-electron chi connectivity index (χ1n) is 13.1. The van der Waals surface area contributed by atoms with Crippen molar-refractivity contribution in [3.8, 4) is 34.5 Å². The molecular formula is C29H31N10O+. The number of ether oxygens (including phenoxy) is 1. The fraction of sp³-hybridized carbons (Fsp3) is 0.276. The second-order valence-corrected chi connectivity index (χ2v) is 9.45. The van der Waals surface area contributed by atoms with Gasteiger partial charge in [-0.25, -0.2) is 19.5 Å². The average molecular weight is 536 g/mol. The van der Waals surface area contributed by atoms with Gasteiger partial charge in [0, 0.05) is 50.4 Å². The SMILES string of the molecule is C[n+]1cc(-c2cccc(C#N)c2)nc(NCc2cccc(-c3ncc(OCCN4CCNCC4)cn3)c2)c1N=N. The van der Waals surface area contributed by atoms with Gasteiger partial charge < -0.3 is 15.4 Å². The molecule has 1 fully saturated rings. The zero-order valence-electron chi connectivity index (χ0n) is 22.3. The number of nitrogens with zero attached hydrogens (tertiary/aromatic N) is 7. The lowest BCUT2D eigenvalue weighted by Gasteiger charge is -2.26. The van der Waals surface area contributed by atoms with Gasteiger partial charge in [-0.1, -0.05) is 35.9 Å². The van der Waals surface area contributed by atoms with E-state index in [0.717, 1.165) is 49.4 Å². The van der Waals surface area contributed by atoms with Gasteiger partial charge in [0.25, 0.3) is 0 Å². The summed E-state index contributed by atoms with van der Waals surface area (Å²) in [5.74, 6) is 2.14. The van der Waals surface area contributed by atoms with Crippen molar-refractivity contribution in [2.45, 2.75) is 6.54 Å². The van der Waals surface area contributed by atoms with Gasteiger partial charge in [-0.05, 0) is 23.8 Å². The van der Waals surface area contributed by atoms with Gasteiger partial charge >= 0.3 is 5.82 Å². The second kappa shape index (κ2) is 12.8. The highest BCUT2D eigenvalue weighted by Crippen LogP contribution is 2.25. The maximum absolute atomic E-state index is 9.26. The highest BCUT2D eigenvalue weighted by molar-refractivity contribution is 5.64. The summed E-state index contributed by atoms with van der Waals surface area (Å²) in [5.41, 5.74) is 11.6. The van der Waals surface area contributed by atoms with Gasteiger partial charge in [-0.2, -0.15) is 5.26 Å². The lowest BCUT2D eigenvalue weighted by Crippen LogP contribution is -2.44. The number of benzene rings is 2. The van der Waals surface area contributed by atoms with Crippen molar-refractivity contribution in [3.63, 3.8) is 0 Å². The summed E-state index contributed by atoms with van der Waals surface area (Å²) in [4.78, 5) is 16.1. The molecule has 1 saturated heterocycles. The average Bonchev–Trinajstić information content (AvgIpc) is 3.01. The molecule has 0 saturated carbocycles. The molecule has 0 radical (unpaired) electrons.